The Morgan fingerprint density at radius 3 is 2.71 bits per heavy atom. The minimum Gasteiger partial charge on any atom is -0.253 e. The van der Waals surface area contributed by atoms with E-state index in [0.29, 0.717) is 0 Å². The van der Waals surface area contributed by atoms with Crippen LogP contribution >= 0.6 is 23.1 Å². The second-order valence-corrected chi connectivity index (χ2v) is 10.4. The van der Waals surface area contributed by atoms with Gasteiger partial charge < -0.3 is 0 Å². The van der Waals surface area contributed by atoms with Crippen LogP contribution in [0.3, 0.4) is 0 Å². The lowest BCUT2D eigenvalue weighted by atomic mass is 9.98. The SMILES string of the molecule is CCSc1nnc2c3c4c(sc3nc(-c3cccc5ccccc35)n12)CCCCCC4. The molecule has 0 N–H and O–H groups in total. The summed E-state index contributed by atoms with van der Waals surface area (Å²) in [6, 6.07) is 15.0. The molecule has 1 aliphatic rings. The van der Waals surface area contributed by atoms with Gasteiger partial charge in [-0.05, 0) is 47.8 Å². The van der Waals surface area contributed by atoms with Crippen molar-refractivity contribution in [2.45, 2.75) is 50.6 Å². The summed E-state index contributed by atoms with van der Waals surface area (Å²) >= 11 is 3.61. The van der Waals surface area contributed by atoms with E-state index < -0.39 is 0 Å². The maximum atomic E-state index is 5.29. The van der Waals surface area contributed by atoms with Gasteiger partial charge in [-0.3, -0.25) is 4.40 Å². The summed E-state index contributed by atoms with van der Waals surface area (Å²) in [5.74, 6) is 1.91. The summed E-state index contributed by atoms with van der Waals surface area (Å²) in [6.07, 6.45) is 7.47. The van der Waals surface area contributed by atoms with E-state index in [9.17, 15) is 0 Å². The van der Waals surface area contributed by atoms with Crippen LogP contribution in [0.2, 0.25) is 0 Å². The third kappa shape index (κ3) is 3.15. The van der Waals surface area contributed by atoms with E-state index >= 15 is 0 Å². The van der Waals surface area contributed by atoms with Crippen LogP contribution in [-0.2, 0) is 12.8 Å². The molecular formula is C25H24N4S2. The Bertz CT molecular complexity index is 1410. The van der Waals surface area contributed by atoms with Crippen molar-refractivity contribution in [3.63, 3.8) is 0 Å². The van der Waals surface area contributed by atoms with Gasteiger partial charge in [0, 0.05) is 10.4 Å². The number of rotatable bonds is 3. The molecule has 0 saturated heterocycles. The van der Waals surface area contributed by atoms with E-state index in [4.69, 9.17) is 10.1 Å². The molecule has 0 fully saturated rings. The summed E-state index contributed by atoms with van der Waals surface area (Å²) in [6.45, 7) is 2.16. The summed E-state index contributed by atoms with van der Waals surface area (Å²) in [7, 11) is 0. The molecule has 2 aromatic carbocycles. The molecule has 0 atom stereocenters. The van der Waals surface area contributed by atoms with Crippen LogP contribution in [0.4, 0.5) is 0 Å². The Hall–Kier alpha value is -2.44. The van der Waals surface area contributed by atoms with Gasteiger partial charge in [0.15, 0.2) is 10.8 Å². The molecule has 31 heavy (non-hydrogen) atoms. The van der Waals surface area contributed by atoms with E-state index in [0.717, 1.165) is 45.6 Å². The third-order valence-electron chi connectivity index (χ3n) is 6.23. The van der Waals surface area contributed by atoms with Crippen LogP contribution in [0.25, 0.3) is 38.0 Å². The summed E-state index contributed by atoms with van der Waals surface area (Å²) in [5, 5.41) is 14.0. The lowest BCUT2D eigenvalue weighted by molar-refractivity contribution is 0.624. The fourth-order valence-electron chi connectivity index (χ4n) is 4.81. The first kappa shape index (κ1) is 19.3. The van der Waals surface area contributed by atoms with Gasteiger partial charge in [0.25, 0.3) is 0 Å². The van der Waals surface area contributed by atoms with Crippen molar-refractivity contribution < 1.29 is 0 Å². The predicted molar refractivity (Wildman–Crippen MR) is 131 cm³/mol. The molecule has 1 aliphatic carbocycles. The molecule has 5 aromatic rings. The number of aromatic nitrogens is 4. The van der Waals surface area contributed by atoms with Crippen molar-refractivity contribution >= 4 is 49.7 Å². The normalized spacial score (nSPS) is 14.7. The van der Waals surface area contributed by atoms with Gasteiger partial charge in [-0.15, -0.1) is 21.5 Å². The number of thioether (sulfide) groups is 1. The molecule has 4 nitrogen and oxygen atoms in total. The monoisotopic (exact) mass is 444 g/mol. The highest BCUT2D eigenvalue weighted by Crippen LogP contribution is 2.40. The lowest BCUT2D eigenvalue weighted by Gasteiger charge is -2.12. The van der Waals surface area contributed by atoms with Gasteiger partial charge in [0.05, 0.1) is 5.39 Å². The Balaban J connectivity index is 1.71. The van der Waals surface area contributed by atoms with Gasteiger partial charge in [0.2, 0.25) is 0 Å². The van der Waals surface area contributed by atoms with Crippen molar-refractivity contribution in [1.29, 1.82) is 0 Å². The van der Waals surface area contributed by atoms with Crippen molar-refractivity contribution in [2.24, 2.45) is 0 Å². The Morgan fingerprint density at radius 2 is 1.81 bits per heavy atom. The average molecular weight is 445 g/mol. The van der Waals surface area contributed by atoms with E-state index in [1.807, 2.05) is 11.3 Å². The van der Waals surface area contributed by atoms with Gasteiger partial charge in [-0.25, -0.2) is 4.98 Å². The first-order chi connectivity index (χ1) is 15.3. The predicted octanol–water partition coefficient (Wildman–Crippen LogP) is 6.93. The first-order valence-corrected chi connectivity index (χ1v) is 13.0. The van der Waals surface area contributed by atoms with E-state index in [1.165, 1.54) is 52.3 Å². The Morgan fingerprint density at radius 1 is 0.968 bits per heavy atom. The quantitative estimate of drug-likeness (QED) is 0.283. The molecule has 0 aliphatic heterocycles. The second kappa shape index (κ2) is 7.92. The number of thiophene rings is 1. The Kier molecular flexibility index (Phi) is 4.92. The molecule has 6 heteroatoms. The number of benzene rings is 2. The molecular weight excluding hydrogens is 420 g/mol. The zero-order valence-electron chi connectivity index (χ0n) is 17.6. The number of aryl methyl sites for hydroxylation is 2. The largest absolute Gasteiger partial charge is 0.253 e. The molecule has 3 aromatic heterocycles. The molecule has 6 rings (SSSR count). The topological polar surface area (TPSA) is 43.1 Å². The number of hydrogen-bond acceptors (Lipinski definition) is 5. The zero-order chi connectivity index (χ0) is 20.8. The van der Waals surface area contributed by atoms with Crippen LogP contribution < -0.4 is 0 Å². The average Bonchev–Trinajstić information content (AvgIpc) is 3.34. The molecule has 0 saturated carbocycles. The Labute approximate surface area is 189 Å². The van der Waals surface area contributed by atoms with Crippen LogP contribution in [0.1, 0.15) is 43.0 Å². The summed E-state index contributed by atoms with van der Waals surface area (Å²) in [5.41, 5.74) is 3.59. The van der Waals surface area contributed by atoms with Gasteiger partial charge in [0.1, 0.15) is 10.7 Å². The van der Waals surface area contributed by atoms with Crippen molar-refractivity contribution in [1.82, 2.24) is 19.6 Å². The standard InChI is InChI=1S/C25H24N4S2/c1-2-30-25-28-27-23-21-19-13-5-3-4-6-15-20(19)31-24(21)26-22(29(23)25)18-14-9-11-16-10-7-8-12-17(16)18/h7-12,14H,2-6,13,15H2,1H3. The maximum Gasteiger partial charge on any atom is 0.197 e. The summed E-state index contributed by atoms with van der Waals surface area (Å²) in [4.78, 5) is 7.91. The summed E-state index contributed by atoms with van der Waals surface area (Å²) < 4.78 is 2.21. The van der Waals surface area contributed by atoms with Crippen LogP contribution in [0.15, 0.2) is 47.6 Å². The van der Waals surface area contributed by atoms with Crippen LogP contribution in [0.5, 0.6) is 0 Å². The third-order valence-corrected chi connectivity index (χ3v) is 8.23. The van der Waals surface area contributed by atoms with E-state index in [1.54, 1.807) is 11.8 Å². The minimum absolute atomic E-state index is 0.931. The maximum absolute atomic E-state index is 5.29. The molecule has 0 bridgehead atoms. The highest BCUT2D eigenvalue weighted by atomic mass is 32.2. The lowest BCUT2D eigenvalue weighted by Crippen LogP contribution is -2.01. The second-order valence-electron chi connectivity index (χ2n) is 8.13. The van der Waals surface area contributed by atoms with Gasteiger partial charge >= 0.3 is 0 Å². The van der Waals surface area contributed by atoms with Crippen molar-refractivity contribution in [2.75, 3.05) is 5.75 Å². The van der Waals surface area contributed by atoms with E-state index in [-0.39, 0.29) is 0 Å². The molecule has 0 unspecified atom stereocenters. The smallest absolute Gasteiger partial charge is 0.197 e. The van der Waals surface area contributed by atoms with Gasteiger partial charge in [-0.1, -0.05) is 74.0 Å². The van der Waals surface area contributed by atoms with Crippen molar-refractivity contribution in [3.05, 3.63) is 52.9 Å². The van der Waals surface area contributed by atoms with Crippen LogP contribution in [0, 0.1) is 0 Å². The minimum atomic E-state index is 0.931. The zero-order valence-corrected chi connectivity index (χ0v) is 19.2. The fraction of sp³-hybridized carbons (Fsp3) is 0.320. The molecule has 0 amide bonds. The van der Waals surface area contributed by atoms with Crippen LogP contribution in [-0.4, -0.2) is 25.3 Å². The van der Waals surface area contributed by atoms with Gasteiger partial charge in [-0.2, -0.15) is 0 Å². The number of hydrogen-bond donors (Lipinski definition) is 0. The van der Waals surface area contributed by atoms with E-state index in [2.05, 4.69) is 58.9 Å². The fourth-order valence-corrected chi connectivity index (χ4v) is 6.72. The first-order valence-electron chi connectivity index (χ1n) is 11.2. The highest BCUT2D eigenvalue weighted by Gasteiger charge is 2.23. The highest BCUT2D eigenvalue weighted by molar-refractivity contribution is 7.99. The molecule has 0 radical (unpaired) electrons. The molecule has 156 valence electrons. The number of nitrogens with zero attached hydrogens (tertiary/aromatic N) is 4. The van der Waals surface area contributed by atoms with Crippen molar-refractivity contribution in [3.8, 4) is 11.4 Å². The number of fused-ring (bicyclic) bond motifs is 6. The molecule has 3 heterocycles. The molecule has 0 spiro atoms.